The highest BCUT2D eigenvalue weighted by Crippen LogP contribution is 2.48. The van der Waals surface area contributed by atoms with Crippen molar-refractivity contribution in [1.82, 2.24) is 18.6 Å². The lowest BCUT2D eigenvalue weighted by molar-refractivity contribution is 0.117. The van der Waals surface area contributed by atoms with Crippen molar-refractivity contribution in [2.45, 2.75) is 45.1 Å². The zero-order valence-corrected chi connectivity index (χ0v) is 16.6. The summed E-state index contributed by atoms with van der Waals surface area (Å²) in [4.78, 5) is 42.0. The van der Waals surface area contributed by atoms with Gasteiger partial charge in [-0.05, 0) is 42.2 Å². The van der Waals surface area contributed by atoms with E-state index in [4.69, 9.17) is 0 Å². The summed E-state index contributed by atoms with van der Waals surface area (Å²) in [5, 5.41) is 2.12. The van der Waals surface area contributed by atoms with E-state index in [-0.39, 0.29) is 25.8 Å². The minimum atomic E-state index is -0.622. The zero-order valence-electron chi connectivity index (χ0n) is 15.7. The number of fused-ring (bicyclic) bond motifs is 1. The van der Waals surface area contributed by atoms with Crippen LogP contribution >= 0.6 is 11.3 Å². The maximum absolute atomic E-state index is 12.9. The molecule has 0 unspecified atom stereocenters. The van der Waals surface area contributed by atoms with Crippen molar-refractivity contribution in [1.29, 1.82) is 0 Å². The molecular weight excluding hydrogens is 376 g/mol. The molecule has 0 radical (unpaired) electrons. The summed E-state index contributed by atoms with van der Waals surface area (Å²) >= 11 is 1.78. The Labute approximate surface area is 166 Å². The fraction of sp³-hybridized carbons (Fsp3) is 0.450. The molecule has 8 heteroatoms. The number of aromatic nitrogens is 3. The van der Waals surface area contributed by atoms with Gasteiger partial charge >= 0.3 is 17.1 Å². The fourth-order valence-electron chi connectivity index (χ4n) is 4.08. The van der Waals surface area contributed by atoms with E-state index in [1.54, 1.807) is 11.3 Å². The monoisotopic (exact) mass is 400 g/mol. The first-order valence-electron chi connectivity index (χ1n) is 9.53. The van der Waals surface area contributed by atoms with Crippen LogP contribution in [-0.4, -0.2) is 25.1 Å². The van der Waals surface area contributed by atoms with Crippen LogP contribution < -0.4 is 17.1 Å². The highest BCUT2D eigenvalue weighted by Gasteiger charge is 2.40. The Hall–Kier alpha value is -2.45. The first-order valence-corrected chi connectivity index (χ1v) is 10.4. The van der Waals surface area contributed by atoms with Gasteiger partial charge in [-0.25, -0.2) is 28.1 Å². The summed E-state index contributed by atoms with van der Waals surface area (Å²) in [5.41, 5.74) is -0.456. The van der Waals surface area contributed by atoms with Gasteiger partial charge in [-0.15, -0.1) is 24.5 Å². The Kier molecular flexibility index (Phi) is 5.07. The van der Waals surface area contributed by atoms with Crippen molar-refractivity contribution in [3.63, 3.8) is 0 Å². The second kappa shape index (κ2) is 7.52. The molecule has 1 aliphatic carbocycles. The van der Waals surface area contributed by atoms with Gasteiger partial charge < -0.3 is 0 Å². The van der Waals surface area contributed by atoms with Gasteiger partial charge in [0.15, 0.2) is 0 Å². The van der Waals surface area contributed by atoms with Crippen LogP contribution in [0.1, 0.15) is 29.3 Å². The van der Waals surface area contributed by atoms with Gasteiger partial charge in [-0.1, -0.05) is 12.2 Å². The Balaban J connectivity index is 1.78. The number of hydrogen-bond acceptors (Lipinski definition) is 5. The lowest BCUT2D eigenvalue weighted by Crippen LogP contribution is -2.56. The van der Waals surface area contributed by atoms with Crippen LogP contribution in [0, 0.1) is 5.92 Å². The van der Waals surface area contributed by atoms with Gasteiger partial charge in [0.05, 0.1) is 19.8 Å². The molecule has 148 valence electrons. The van der Waals surface area contributed by atoms with Crippen LogP contribution in [0.25, 0.3) is 0 Å². The van der Waals surface area contributed by atoms with Crippen molar-refractivity contribution in [2.24, 2.45) is 5.92 Å². The molecule has 4 rings (SSSR count). The predicted octanol–water partition coefficient (Wildman–Crippen LogP) is 1.57. The molecule has 7 nitrogen and oxygen atoms in total. The van der Waals surface area contributed by atoms with Crippen molar-refractivity contribution >= 4 is 11.3 Å². The van der Waals surface area contributed by atoms with Gasteiger partial charge in [0, 0.05) is 17.5 Å². The van der Waals surface area contributed by atoms with Gasteiger partial charge in [0.1, 0.15) is 0 Å². The maximum atomic E-state index is 12.9. The van der Waals surface area contributed by atoms with E-state index in [1.165, 1.54) is 40.0 Å². The lowest BCUT2D eigenvalue weighted by atomic mass is 9.96. The number of rotatable bonds is 7. The third-order valence-electron chi connectivity index (χ3n) is 5.52. The summed E-state index contributed by atoms with van der Waals surface area (Å²) in [7, 11) is 0. The maximum Gasteiger partial charge on any atom is 0.337 e. The van der Waals surface area contributed by atoms with E-state index in [0.717, 1.165) is 22.1 Å². The molecule has 1 aliphatic heterocycles. The quantitative estimate of drug-likeness (QED) is 0.662. The molecular formula is C20H24N4O3S. The van der Waals surface area contributed by atoms with Crippen molar-refractivity contribution in [3.05, 3.63) is 78.6 Å². The van der Waals surface area contributed by atoms with Crippen LogP contribution in [0.2, 0.25) is 0 Å². The van der Waals surface area contributed by atoms with E-state index in [2.05, 4.69) is 29.5 Å². The molecule has 2 aromatic rings. The molecule has 0 amide bonds. The number of thiophene rings is 1. The zero-order chi connectivity index (χ0) is 19.8. The van der Waals surface area contributed by atoms with E-state index in [0.29, 0.717) is 5.92 Å². The highest BCUT2D eigenvalue weighted by molar-refractivity contribution is 7.10. The van der Waals surface area contributed by atoms with Gasteiger partial charge in [0.25, 0.3) is 0 Å². The van der Waals surface area contributed by atoms with Crippen LogP contribution in [-0.2, 0) is 26.2 Å². The number of allylic oxidation sites excluding steroid dienone is 2. The number of hydrogen-bond donors (Lipinski definition) is 0. The lowest BCUT2D eigenvalue weighted by Gasteiger charge is -2.36. The Morgan fingerprint density at radius 2 is 1.61 bits per heavy atom. The summed E-state index contributed by atoms with van der Waals surface area (Å²) in [6, 6.07) is 2.40. The predicted molar refractivity (Wildman–Crippen MR) is 110 cm³/mol. The van der Waals surface area contributed by atoms with Gasteiger partial charge in [-0.3, -0.25) is 4.90 Å². The second-order valence-electron chi connectivity index (χ2n) is 7.36. The molecule has 28 heavy (non-hydrogen) atoms. The molecule has 0 N–H and O–H groups in total. The Morgan fingerprint density at radius 1 is 1.00 bits per heavy atom. The van der Waals surface area contributed by atoms with Crippen LogP contribution in [0.4, 0.5) is 0 Å². The van der Waals surface area contributed by atoms with E-state index < -0.39 is 17.1 Å². The molecule has 0 bridgehead atoms. The van der Waals surface area contributed by atoms with Crippen molar-refractivity contribution in [2.75, 3.05) is 6.54 Å². The van der Waals surface area contributed by atoms with Gasteiger partial charge in [0.2, 0.25) is 0 Å². The SMILES string of the molecule is C=CCn1c(=O)n(CC=C)c(=O)n(CN2CCc3sccc3[C@@H]2C2CC2)c1=O. The summed E-state index contributed by atoms with van der Waals surface area (Å²) in [6.45, 7) is 8.35. The third-order valence-corrected chi connectivity index (χ3v) is 6.51. The number of nitrogens with zero attached hydrogens (tertiary/aromatic N) is 4. The molecule has 0 spiro atoms. The van der Waals surface area contributed by atoms with E-state index >= 15 is 0 Å². The summed E-state index contributed by atoms with van der Waals surface area (Å²) < 4.78 is 3.30. The molecule has 1 saturated carbocycles. The minimum Gasteiger partial charge on any atom is -0.278 e. The standard InChI is InChI=1S/C20H24N4O3S/c1-3-9-22-18(25)23(10-4-2)20(27)24(19(22)26)13-21-11-7-16-15(8-12-28-16)17(21)14-5-6-14/h3-4,8,12,14,17H,1-2,5-7,9-11,13H2/t17-/m0/s1. The fourth-order valence-corrected chi connectivity index (χ4v) is 4.99. The van der Waals surface area contributed by atoms with Crippen LogP contribution in [0.3, 0.4) is 0 Å². The first kappa shape index (κ1) is 18.9. The Bertz CT molecular complexity index is 1040. The van der Waals surface area contributed by atoms with E-state index in [9.17, 15) is 14.4 Å². The summed E-state index contributed by atoms with van der Waals surface area (Å²) in [6.07, 6.45) is 6.23. The topological polar surface area (TPSA) is 69.2 Å². The molecule has 1 atom stereocenters. The Morgan fingerprint density at radius 3 is 2.18 bits per heavy atom. The molecule has 3 heterocycles. The molecule has 0 aromatic carbocycles. The molecule has 2 aromatic heterocycles. The van der Waals surface area contributed by atoms with Crippen LogP contribution in [0.15, 0.2) is 51.1 Å². The largest absolute Gasteiger partial charge is 0.337 e. The average molecular weight is 401 g/mol. The second-order valence-corrected chi connectivity index (χ2v) is 8.36. The molecule has 1 fully saturated rings. The van der Waals surface area contributed by atoms with E-state index in [1.807, 2.05) is 0 Å². The minimum absolute atomic E-state index is 0.0653. The highest BCUT2D eigenvalue weighted by atomic mass is 32.1. The summed E-state index contributed by atoms with van der Waals surface area (Å²) in [5.74, 6) is 0.568. The smallest absolute Gasteiger partial charge is 0.278 e. The average Bonchev–Trinajstić information content (AvgIpc) is 3.41. The molecule has 0 saturated heterocycles. The third kappa shape index (κ3) is 3.16. The van der Waals surface area contributed by atoms with Crippen LogP contribution in [0.5, 0.6) is 0 Å². The van der Waals surface area contributed by atoms with Gasteiger partial charge in [-0.2, -0.15) is 0 Å². The first-order chi connectivity index (χ1) is 13.6. The normalized spacial score (nSPS) is 19.4. The van der Waals surface area contributed by atoms with Crippen molar-refractivity contribution < 1.29 is 0 Å². The van der Waals surface area contributed by atoms with Crippen molar-refractivity contribution in [3.8, 4) is 0 Å². The molecule has 2 aliphatic rings.